The quantitative estimate of drug-likeness (QED) is 0.285. The van der Waals surface area contributed by atoms with Crippen molar-refractivity contribution in [3.8, 4) is 40.1 Å². The van der Waals surface area contributed by atoms with Gasteiger partial charge in [-0.2, -0.15) is 4.98 Å². The molecule has 1 aromatic heterocycles. The second-order valence-electron chi connectivity index (χ2n) is 6.74. The van der Waals surface area contributed by atoms with E-state index in [1.807, 2.05) is 12.1 Å². The minimum absolute atomic E-state index is 0.0225. The van der Waals surface area contributed by atoms with E-state index >= 15 is 0 Å². The summed E-state index contributed by atoms with van der Waals surface area (Å²) in [4.78, 5) is 15.0. The summed E-state index contributed by atoms with van der Waals surface area (Å²) in [5.41, 5.74) is 2.12. The van der Waals surface area contributed by atoms with Crippen LogP contribution in [0.15, 0.2) is 71.3 Å². The maximum Gasteiger partial charge on any atom is 0.269 e. The van der Waals surface area contributed by atoms with Gasteiger partial charge in [-0.05, 0) is 35.9 Å². The number of methoxy groups -OCH3 is 2. The summed E-state index contributed by atoms with van der Waals surface area (Å²) >= 11 is 0. The number of hydrogen-bond acceptors (Lipinski definition) is 8. The van der Waals surface area contributed by atoms with E-state index in [0.29, 0.717) is 45.7 Å². The zero-order chi connectivity index (χ0) is 22.5. The molecule has 9 heteroatoms. The summed E-state index contributed by atoms with van der Waals surface area (Å²) in [6.45, 7) is 0.189. The van der Waals surface area contributed by atoms with E-state index in [2.05, 4.69) is 10.1 Å². The fourth-order valence-corrected chi connectivity index (χ4v) is 3.08. The Labute approximate surface area is 183 Å². The van der Waals surface area contributed by atoms with Crippen LogP contribution in [0.4, 0.5) is 5.69 Å². The summed E-state index contributed by atoms with van der Waals surface area (Å²) in [5.74, 6) is 2.47. The Kier molecular flexibility index (Phi) is 5.98. The van der Waals surface area contributed by atoms with Crippen molar-refractivity contribution in [2.24, 2.45) is 0 Å². The zero-order valence-electron chi connectivity index (χ0n) is 17.3. The highest BCUT2D eigenvalue weighted by atomic mass is 16.6. The van der Waals surface area contributed by atoms with Gasteiger partial charge in [0.25, 0.3) is 11.6 Å². The van der Waals surface area contributed by atoms with Gasteiger partial charge in [0.15, 0.2) is 11.5 Å². The second kappa shape index (κ2) is 9.17. The van der Waals surface area contributed by atoms with Crippen molar-refractivity contribution in [2.45, 2.75) is 6.61 Å². The van der Waals surface area contributed by atoms with Gasteiger partial charge in [-0.1, -0.05) is 29.4 Å². The van der Waals surface area contributed by atoms with Crippen LogP contribution in [0.1, 0.15) is 5.56 Å². The topological polar surface area (TPSA) is 110 Å². The number of nitro groups is 1. The van der Waals surface area contributed by atoms with Crippen molar-refractivity contribution in [1.29, 1.82) is 0 Å². The van der Waals surface area contributed by atoms with Crippen molar-refractivity contribution in [1.82, 2.24) is 10.1 Å². The van der Waals surface area contributed by atoms with Gasteiger partial charge in [0.1, 0.15) is 12.4 Å². The lowest BCUT2D eigenvalue weighted by molar-refractivity contribution is -0.384. The molecule has 1 heterocycles. The molecule has 0 saturated carbocycles. The summed E-state index contributed by atoms with van der Waals surface area (Å²) in [6.07, 6.45) is 0. The van der Waals surface area contributed by atoms with Crippen molar-refractivity contribution in [3.05, 3.63) is 82.4 Å². The van der Waals surface area contributed by atoms with E-state index < -0.39 is 4.92 Å². The summed E-state index contributed by atoms with van der Waals surface area (Å²) in [6, 6.07) is 18.9. The standard InChI is InChI=1S/C23H19N3O6/c1-29-20-10-9-17(13-21(20)30-2)23-24-22(25-32-23)16-6-4-8-19(12-16)31-14-15-5-3-7-18(11-15)26(27)28/h3-13H,14H2,1-2H3. The van der Waals surface area contributed by atoms with Gasteiger partial charge >= 0.3 is 0 Å². The lowest BCUT2D eigenvalue weighted by atomic mass is 10.2. The Balaban J connectivity index is 1.51. The molecule has 0 aliphatic carbocycles. The molecule has 0 N–H and O–H groups in total. The molecule has 0 atom stereocenters. The van der Waals surface area contributed by atoms with Gasteiger partial charge < -0.3 is 18.7 Å². The normalized spacial score (nSPS) is 10.6. The Hall–Kier alpha value is -4.40. The van der Waals surface area contributed by atoms with Crippen LogP contribution in [0, 0.1) is 10.1 Å². The highest BCUT2D eigenvalue weighted by Gasteiger charge is 2.14. The van der Waals surface area contributed by atoms with Crippen LogP contribution in [0.3, 0.4) is 0 Å². The van der Waals surface area contributed by atoms with Crippen LogP contribution in [-0.4, -0.2) is 29.3 Å². The lowest BCUT2D eigenvalue weighted by Gasteiger charge is -2.07. The van der Waals surface area contributed by atoms with Crippen LogP contribution in [0.2, 0.25) is 0 Å². The maximum atomic E-state index is 10.9. The molecule has 0 spiro atoms. The zero-order valence-corrected chi connectivity index (χ0v) is 17.3. The minimum Gasteiger partial charge on any atom is -0.493 e. The Morgan fingerprint density at radius 3 is 2.53 bits per heavy atom. The van der Waals surface area contributed by atoms with Crippen molar-refractivity contribution < 1.29 is 23.7 Å². The molecule has 0 saturated heterocycles. The fraction of sp³-hybridized carbons (Fsp3) is 0.130. The molecule has 162 valence electrons. The predicted molar refractivity (Wildman–Crippen MR) is 116 cm³/mol. The number of hydrogen-bond donors (Lipinski definition) is 0. The van der Waals surface area contributed by atoms with Crippen molar-refractivity contribution in [3.63, 3.8) is 0 Å². The molecule has 0 fully saturated rings. The number of non-ortho nitro benzene ring substituents is 1. The van der Waals surface area contributed by atoms with Gasteiger partial charge in [0.2, 0.25) is 5.82 Å². The summed E-state index contributed by atoms with van der Waals surface area (Å²) < 4.78 is 21.8. The first-order valence-electron chi connectivity index (χ1n) is 9.60. The average Bonchev–Trinajstić information content (AvgIpc) is 3.33. The third kappa shape index (κ3) is 4.51. The molecule has 0 amide bonds. The van der Waals surface area contributed by atoms with E-state index in [4.69, 9.17) is 18.7 Å². The molecular weight excluding hydrogens is 414 g/mol. The fourth-order valence-electron chi connectivity index (χ4n) is 3.08. The average molecular weight is 433 g/mol. The molecule has 4 aromatic rings. The van der Waals surface area contributed by atoms with Gasteiger partial charge in [-0.3, -0.25) is 10.1 Å². The maximum absolute atomic E-state index is 10.9. The number of nitrogens with zero attached hydrogens (tertiary/aromatic N) is 3. The first-order valence-corrected chi connectivity index (χ1v) is 9.60. The molecule has 0 aliphatic heterocycles. The number of nitro benzene ring substituents is 1. The SMILES string of the molecule is COc1ccc(-c2nc(-c3cccc(OCc4cccc([N+](=O)[O-])c4)c3)no2)cc1OC. The van der Waals surface area contributed by atoms with Crippen LogP contribution in [0.25, 0.3) is 22.8 Å². The summed E-state index contributed by atoms with van der Waals surface area (Å²) in [7, 11) is 3.12. The van der Waals surface area contributed by atoms with Gasteiger partial charge in [0.05, 0.1) is 19.1 Å². The Morgan fingerprint density at radius 1 is 0.938 bits per heavy atom. The number of aromatic nitrogens is 2. The smallest absolute Gasteiger partial charge is 0.269 e. The largest absolute Gasteiger partial charge is 0.493 e. The minimum atomic E-state index is -0.434. The third-order valence-corrected chi connectivity index (χ3v) is 4.68. The van der Waals surface area contributed by atoms with Crippen LogP contribution in [0.5, 0.6) is 17.2 Å². The van der Waals surface area contributed by atoms with Gasteiger partial charge in [-0.25, -0.2) is 0 Å². The van der Waals surface area contributed by atoms with E-state index in [9.17, 15) is 10.1 Å². The monoisotopic (exact) mass is 433 g/mol. The van der Waals surface area contributed by atoms with Crippen LogP contribution in [-0.2, 0) is 6.61 Å². The molecule has 32 heavy (non-hydrogen) atoms. The lowest BCUT2D eigenvalue weighted by Crippen LogP contribution is -1.97. The van der Waals surface area contributed by atoms with Crippen LogP contribution < -0.4 is 14.2 Å². The highest BCUT2D eigenvalue weighted by molar-refractivity contribution is 5.63. The number of rotatable bonds is 8. The first kappa shape index (κ1) is 20.9. The number of ether oxygens (including phenoxy) is 3. The molecular formula is C23H19N3O6. The van der Waals surface area contributed by atoms with Gasteiger partial charge in [0, 0.05) is 23.3 Å². The summed E-state index contributed by atoms with van der Waals surface area (Å²) in [5, 5.41) is 15.0. The second-order valence-corrected chi connectivity index (χ2v) is 6.74. The Morgan fingerprint density at radius 2 is 1.75 bits per heavy atom. The van der Waals surface area contributed by atoms with Crippen LogP contribution >= 0.6 is 0 Å². The molecule has 0 unspecified atom stereocenters. The molecule has 0 bridgehead atoms. The first-order chi connectivity index (χ1) is 15.6. The van der Waals surface area contributed by atoms with E-state index in [0.717, 1.165) is 0 Å². The predicted octanol–water partition coefficient (Wildman–Crippen LogP) is 4.91. The highest BCUT2D eigenvalue weighted by Crippen LogP contribution is 2.32. The van der Waals surface area contributed by atoms with Crippen molar-refractivity contribution in [2.75, 3.05) is 14.2 Å². The molecule has 3 aromatic carbocycles. The Bertz CT molecular complexity index is 1250. The van der Waals surface area contributed by atoms with Crippen molar-refractivity contribution >= 4 is 5.69 Å². The van der Waals surface area contributed by atoms with E-state index in [-0.39, 0.29) is 12.3 Å². The number of benzene rings is 3. The van der Waals surface area contributed by atoms with Gasteiger partial charge in [-0.15, -0.1) is 0 Å². The van der Waals surface area contributed by atoms with E-state index in [1.165, 1.54) is 12.1 Å². The molecule has 4 rings (SSSR count). The molecule has 0 aliphatic rings. The third-order valence-electron chi connectivity index (χ3n) is 4.68. The molecule has 9 nitrogen and oxygen atoms in total. The molecule has 0 radical (unpaired) electrons. The van der Waals surface area contributed by atoms with E-state index in [1.54, 1.807) is 56.7 Å².